The molecular formula is C22H35N3O8. The van der Waals surface area contributed by atoms with E-state index >= 15 is 0 Å². The number of nitrogens with zero attached hydrogens (tertiary/aromatic N) is 2. The van der Waals surface area contributed by atoms with Crippen molar-refractivity contribution in [3.63, 3.8) is 0 Å². The van der Waals surface area contributed by atoms with Gasteiger partial charge < -0.3 is 30.6 Å². The molecule has 1 fully saturated rings. The molecule has 33 heavy (non-hydrogen) atoms. The molecule has 0 bridgehead atoms. The van der Waals surface area contributed by atoms with Crippen LogP contribution in [0.15, 0.2) is 24.5 Å². The van der Waals surface area contributed by atoms with Gasteiger partial charge in [0, 0.05) is 26.0 Å². The summed E-state index contributed by atoms with van der Waals surface area (Å²) >= 11 is 0. The Hall–Kier alpha value is -3.05. The third kappa shape index (κ3) is 11.4. The second-order valence-electron chi connectivity index (χ2n) is 7.70. The summed E-state index contributed by atoms with van der Waals surface area (Å²) < 4.78 is 0. The third-order valence-electron chi connectivity index (χ3n) is 4.95. The van der Waals surface area contributed by atoms with Crippen molar-refractivity contribution in [1.82, 2.24) is 15.2 Å². The Bertz CT molecular complexity index is 750. The van der Waals surface area contributed by atoms with Crippen molar-refractivity contribution in [2.45, 2.75) is 64.0 Å². The van der Waals surface area contributed by atoms with E-state index in [-0.39, 0.29) is 19.4 Å². The van der Waals surface area contributed by atoms with Gasteiger partial charge in [-0.1, -0.05) is 19.9 Å². The molecule has 11 nitrogen and oxygen atoms in total. The number of pyridine rings is 1. The van der Waals surface area contributed by atoms with Gasteiger partial charge in [-0.15, -0.1) is 0 Å². The summed E-state index contributed by atoms with van der Waals surface area (Å²) in [5.74, 6) is -4.78. The van der Waals surface area contributed by atoms with Gasteiger partial charge in [0.25, 0.3) is 0 Å². The molecule has 0 unspecified atom stereocenters. The first-order chi connectivity index (χ1) is 15.0. The Kier molecular flexibility index (Phi) is 13.5. The molecule has 186 valence electrons. The number of aromatic nitrogens is 1. The first-order valence-electron chi connectivity index (χ1n) is 10.3. The van der Waals surface area contributed by atoms with Gasteiger partial charge in [0.2, 0.25) is 5.91 Å². The summed E-state index contributed by atoms with van der Waals surface area (Å²) in [5.41, 5.74) is -1.50. The summed E-state index contributed by atoms with van der Waals surface area (Å²) in [6.45, 7) is 1.78. The van der Waals surface area contributed by atoms with Crippen LogP contribution in [0, 0.1) is 0 Å². The lowest BCUT2D eigenvalue weighted by Gasteiger charge is -2.27. The molecule has 1 aliphatic rings. The molecule has 1 atom stereocenters. The predicted molar refractivity (Wildman–Crippen MR) is 120 cm³/mol. The highest BCUT2D eigenvalue weighted by molar-refractivity contribution is 5.88. The SMILES string of the molecule is C.CN(CCCc1cccnc1)C(=O)[C@@H]1CCCCN1.O=C(O)CC(O)(CC(=O)O)C(=O)O. The molecule has 11 heteroatoms. The van der Waals surface area contributed by atoms with E-state index in [4.69, 9.17) is 20.4 Å². The Balaban J connectivity index is 0.000000649. The average molecular weight is 470 g/mol. The molecule has 1 aromatic heterocycles. The molecule has 0 aliphatic carbocycles. The summed E-state index contributed by atoms with van der Waals surface area (Å²) in [6.07, 6.45) is 6.68. The number of likely N-dealkylation sites (N-methyl/N-ethyl adjacent to an activating group) is 1. The lowest BCUT2D eigenvalue weighted by atomic mass is 9.96. The van der Waals surface area contributed by atoms with Crippen LogP contribution in [-0.4, -0.2) is 85.9 Å². The van der Waals surface area contributed by atoms with E-state index in [1.54, 1.807) is 6.20 Å². The minimum absolute atomic E-state index is 0. The van der Waals surface area contributed by atoms with Gasteiger partial charge in [0.15, 0.2) is 5.60 Å². The zero-order chi connectivity index (χ0) is 24.1. The number of carbonyl (C=O) groups is 4. The fourth-order valence-electron chi connectivity index (χ4n) is 3.22. The number of aryl methyl sites for hydroxylation is 1. The first-order valence-corrected chi connectivity index (χ1v) is 10.3. The number of hydrogen-bond donors (Lipinski definition) is 5. The number of aliphatic hydroxyl groups is 1. The molecule has 1 aliphatic heterocycles. The molecule has 2 heterocycles. The lowest BCUT2D eigenvalue weighted by Crippen LogP contribution is -2.47. The van der Waals surface area contributed by atoms with E-state index in [0.29, 0.717) is 0 Å². The van der Waals surface area contributed by atoms with E-state index in [0.717, 1.165) is 38.8 Å². The van der Waals surface area contributed by atoms with E-state index in [1.807, 2.05) is 24.2 Å². The van der Waals surface area contributed by atoms with Gasteiger partial charge >= 0.3 is 17.9 Å². The number of piperidine rings is 1. The number of nitrogens with one attached hydrogen (secondary N) is 1. The molecule has 1 aromatic rings. The number of rotatable bonds is 10. The molecule has 1 amide bonds. The third-order valence-corrected chi connectivity index (χ3v) is 4.95. The standard InChI is InChI=1S/C15H23N3O.C6H8O7.CH4/c1-18(15(19)14-8-2-3-10-17-14)11-5-7-13-6-4-9-16-12-13;7-3(8)1-6(13,5(11)12)2-4(9)10;/h4,6,9,12,14,17H,2-3,5,7-8,10-11H2,1H3;13H,1-2H2,(H,7,8)(H,9,10)(H,11,12);1H4/t14-;;/m0../s1. The smallest absolute Gasteiger partial charge is 0.336 e. The first kappa shape index (κ1) is 29.9. The van der Waals surface area contributed by atoms with E-state index in [9.17, 15) is 19.2 Å². The monoisotopic (exact) mass is 469 g/mol. The van der Waals surface area contributed by atoms with Gasteiger partial charge in [-0.25, -0.2) is 4.79 Å². The van der Waals surface area contributed by atoms with Crippen molar-refractivity contribution in [2.24, 2.45) is 0 Å². The number of amides is 1. The second-order valence-corrected chi connectivity index (χ2v) is 7.70. The second kappa shape index (κ2) is 14.9. The Morgan fingerprint density at radius 3 is 2.24 bits per heavy atom. The van der Waals surface area contributed by atoms with Crippen LogP contribution >= 0.6 is 0 Å². The highest BCUT2D eigenvalue weighted by atomic mass is 16.4. The number of hydrogen-bond acceptors (Lipinski definition) is 7. The summed E-state index contributed by atoms with van der Waals surface area (Å²) in [5, 5.41) is 37.1. The molecule has 0 saturated carbocycles. The van der Waals surface area contributed by atoms with E-state index < -0.39 is 36.4 Å². The lowest BCUT2D eigenvalue weighted by molar-refractivity contribution is -0.170. The zero-order valence-electron chi connectivity index (χ0n) is 18.1. The number of aliphatic carboxylic acids is 3. The van der Waals surface area contributed by atoms with Crippen LogP contribution < -0.4 is 5.32 Å². The molecule has 0 aromatic carbocycles. The van der Waals surface area contributed by atoms with Crippen LogP contribution in [0.3, 0.4) is 0 Å². The highest BCUT2D eigenvalue weighted by Gasteiger charge is 2.40. The van der Waals surface area contributed by atoms with Crippen molar-refractivity contribution in [2.75, 3.05) is 20.1 Å². The average Bonchev–Trinajstić information content (AvgIpc) is 2.73. The fourth-order valence-corrected chi connectivity index (χ4v) is 3.22. The van der Waals surface area contributed by atoms with Gasteiger partial charge in [-0.2, -0.15) is 0 Å². The van der Waals surface area contributed by atoms with E-state index in [2.05, 4.69) is 16.4 Å². The van der Waals surface area contributed by atoms with E-state index in [1.165, 1.54) is 12.0 Å². The minimum atomic E-state index is -2.74. The zero-order valence-corrected chi connectivity index (χ0v) is 18.1. The molecule has 0 radical (unpaired) electrons. The van der Waals surface area contributed by atoms with Crippen LogP contribution in [0.25, 0.3) is 0 Å². The molecular weight excluding hydrogens is 434 g/mol. The maximum atomic E-state index is 12.2. The van der Waals surface area contributed by atoms with Crippen molar-refractivity contribution in [3.8, 4) is 0 Å². The molecule has 5 N–H and O–H groups in total. The van der Waals surface area contributed by atoms with Crippen LogP contribution in [0.4, 0.5) is 0 Å². The highest BCUT2D eigenvalue weighted by Crippen LogP contribution is 2.15. The summed E-state index contributed by atoms with van der Waals surface area (Å²) in [6, 6.07) is 4.07. The predicted octanol–water partition coefficient (Wildman–Crippen LogP) is 1.00. The Morgan fingerprint density at radius 1 is 1.15 bits per heavy atom. The van der Waals surface area contributed by atoms with Crippen LogP contribution in [0.2, 0.25) is 0 Å². The largest absolute Gasteiger partial charge is 0.481 e. The number of carbonyl (C=O) groups excluding carboxylic acids is 1. The van der Waals surface area contributed by atoms with Crippen LogP contribution in [-0.2, 0) is 25.6 Å². The van der Waals surface area contributed by atoms with Crippen molar-refractivity contribution >= 4 is 23.8 Å². The number of carboxylic acids is 3. The van der Waals surface area contributed by atoms with Gasteiger partial charge in [-0.3, -0.25) is 19.4 Å². The van der Waals surface area contributed by atoms with Gasteiger partial charge in [0.1, 0.15) is 0 Å². The Labute approximate surface area is 193 Å². The number of carboxylic acid groups (broad SMARTS) is 3. The maximum Gasteiger partial charge on any atom is 0.336 e. The summed E-state index contributed by atoms with van der Waals surface area (Å²) in [4.78, 5) is 48.6. The molecule has 2 rings (SSSR count). The Morgan fingerprint density at radius 2 is 1.79 bits per heavy atom. The minimum Gasteiger partial charge on any atom is -0.481 e. The van der Waals surface area contributed by atoms with Gasteiger partial charge in [-0.05, 0) is 43.9 Å². The van der Waals surface area contributed by atoms with Crippen molar-refractivity contribution in [3.05, 3.63) is 30.1 Å². The molecule has 0 spiro atoms. The van der Waals surface area contributed by atoms with Crippen LogP contribution in [0.1, 0.15) is 51.5 Å². The fraction of sp³-hybridized carbons (Fsp3) is 0.591. The van der Waals surface area contributed by atoms with Crippen molar-refractivity contribution in [1.29, 1.82) is 0 Å². The topological polar surface area (TPSA) is 177 Å². The quantitative estimate of drug-likeness (QED) is 0.332. The van der Waals surface area contributed by atoms with Crippen LogP contribution in [0.5, 0.6) is 0 Å². The van der Waals surface area contributed by atoms with Gasteiger partial charge in [0.05, 0.1) is 18.9 Å². The maximum absolute atomic E-state index is 12.2. The molecule has 1 saturated heterocycles. The van der Waals surface area contributed by atoms with Crippen molar-refractivity contribution < 1.29 is 39.6 Å². The normalized spacial score (nSPS) is 15.3. The summed E-state index contributed by atoms with van der Waals surface area (Å²) in [7, 11) is 1.90.